The van der Waals surface area contributed by atoms with Crippen molar-refractivity contribution in [2.24, 2.45) is 0 Å². The van der Waals surface area contributed by atoms with Crippen LogP contribution < -0.4 is 10.1 Å². The van der Waals surface area contributed by atoms with Crippen LogP contribution in [-0.4, -0.2) is 35.4 Å². The fraction of sp³-hybridized carbons (Fsp3) is 0.310. The zero-order valence-corrected chi connectivity index (χ0v) is 21.8. The smallest absolute Gasteiger partial charge is 0.243 e. The largest absolute Gasteiger partial charge is 0.497 e. The van der Waals surface area contributed by atoms with Crippen molar-refractivity contribution in [3.63, 3.8) is 0 Å². The van der Waals surface area contributed by atoms with E-state index in [9.17, 15) is 14.0 Å². The molecular formula is C29H32ClFN2O3. The Bertz CT molecular complexity index is 1170. The van der Waals surface area contributed by atoms with Crippen molar-refractivity contribution in [1.82, 2.24) is 10.2 Å². The molecule has 0 unspecified atom stereocenters. The van der Waals surface area contributed by atoms with Crippen LogP contribution in [0.15, 0.2) is 72.8 Å². The monoisotopic (exact) mass is 510 g/mol. The Kier molecular flexibility index (Phi) is 9.10. The predicted molar refractivity (Wildman–Crippen MR) is 140 cm³/mol. The van der Waals surface area contributed by atoms with Gasteiger partial charge in [-0.25, -0.2) is 4.39 Å². The molecule has 0 radical (unpaired) electrons. The SMILES string of the molecule is COc1cccc(CN(C(=O)Cc2c(F)cccc2Cl)[C@H](Cc2ccccc2)C(=O)NC(C)(C)C)c1. The molecule has 0 aliphatic carbocycles. The van der Waals surface area contributed by atoms with E-state index in [1.807, 2.05) is 75.4 Å². The minimum absolute atomic E-state index is 0.106. The van der Waals surface area contributed by atoms with Crippen molar-refractivity contribution in [2.45, 2.75) is 51.7 Å². The summed E-state index contributed by atoms with van der Waals surface area (Å²) in [6.07, 6.45) is 0.0209. The van der Waals surface area contributed by atoms with Gasteiger partial charge in [0.2, 0.25) is 11.8 Å². The van der Waals surface area contributed by atoms with Gasteiger partial charge in [0.1, 0.15) is 17.6 Å². The number of methoxy groups -OCH3 is 1. The van der Waals surface area contributed by atoms with Crippen molar-refractivity contribution < 1.29 is 18.7 Å². The third kappa shape index (κ3) is 7.56. The maximum Gasteiger partial charge on any atom is 0.243 e. The molecule has 0 heterocycles. The molecule has 0 saturated carbocycles. The Morgan fingerprint density at radius 2 is 1.67 bits per heavy atom. The van der Waals surface area contributed by atoms with Crippen molar-refractivity contribution in [2.75, 3.05) is 7.11 Å². The summed E-state index contributed by atoms with van der Waals surface area (Å²) in [5, 5.41) is 3.18. The quantitative estimate of drug-likeness (QED) is 0.408. The van der Waals surface area contributed by atoms with Crippen molar-refractivity contribution in [3.8, 4) is 5.75 Å². The summed E-state index contributed by atoms with van der Waals surface area (Å²) in [4.78, 5) is 28.9. The van der Waals surface area contributed by atoms with Crippen LogP contribution in [0.25, 0.3) is 0 Å². The zero-order chi connectivity index (χ0) is 26.3. The lowest BCUT2D eigenvalue weighted by Crippen LogP contribution is -2.54. The lowest BCUT2D eigenvalue weighted by Gasteiger charge is -2.34. The van der Waals surface area contributed by atoms with Crippen molar-refractivity contribution in [1.29, 1.82) is 0 Å². The highest BCUT2D eigenvalue weighted by Crippen LogP contribution is 2.23. The topological polar surface area (TPSA) is 58.6 Å². The van der Waals surface area contributed by atoms with E-state index in [2.05, 4.69) is 5.32 Å². The van der Waals surface area contributed by atoms with Gasteiger partial charge in [0, 0.05) is 29.1 Å². The van der Waals surface area contributed by atoms with E-state index in [1.165, 1.54) is 17.0 Å². The van der Waals surface area contributed by atoms with E-state index < -0.39 is 23.3 Å². The molecule has 3 aromatic rings. The zero-order valence-electron chi connectivity index (χ0n) is 21.1. The molecule has 2 amide bonds. The van der Waals surface area contributed by atoms with Crippen LogP contribution in [0.3, 0.4) is 0 Å². The van der Waals surface area contributed by atoms with Gasteiger partial charge in [0.15, 0.2) is 0 Å². The molecule has 1 atom stereocenters. The van der Waals surface area contributed by atoms with Crippen LogP contribution in [0.2, 0.25) is 5.02 Å². The second-order valence-corrected chi connectivity index (χ2v) is 10.1. The second-order valence-electron chi connectivity index (χ2n) is 9.69. The Labute approximate surface area is 217 Å². The number of halogens is 2. The number of nitrogens with zero attached hydrogens (tertiary/aromatic N) is 1. The van der Waals surface area contributed by atoms with Gasteiger partial charge in [-0.1, -0.05) is 60.1 Å². The minimum Gasteiger partial charge on any atom is -0.497 e. The molecule has 36 heavy (non-hydrogen) atoms. The van der Waals surface area contributed by atoms with Crippen LogP contribution in [0.4, 0.5) is 4.39 Å². The van der Waals surface area contributed by atoms with E-state index in [1.54, 1.807) is 13.2 Å². The molecule has 0 aliphatic rings. The molecule has 3 aromatic carbocycles. The lowest BCUT2D eigenvalue weighted by atomic mass is 9.99. The average molecular weight is 511 g/mol. The van der Waals surface area contributed by atoms with Gasteiger partial charge in [0.05, 0.1) is 13.5 Å². The Balaban J connectivity index is 2.04. The van der Waals surface area contributed by atoms with Gasteiger partial charge in [-0.2, -0.15) is 0 Å². The Morgan fingerprint density at radius 1 is 1.00 bits per heavy atom. The first-order chi connectivity index (χ1) is 17.1. The highest BCUT2D eigenvalue weighted by Gasteiger charge is 2.33. The van der Waals surface area contributed by atoms with E-state index >= 15 is 0 Å². The molecule has 1 N–H and O–H groups in total. The van der Waals surface area contributed by atoms with Crippen LogP contribution in [0, 0.1) is 5.82 Å². The van der Waals surface area contributed by atoms with Crippen molar-refractivity contribution >= 4 is 23.4 Å². The lowest BCUT2D eigenvalue weighted by molar-refractivity contribution is -0.141. The fourth-order valence-electron chi connectivity index (χ4n) is 3.93. The second kappa shape index (κ2) is 12.0. The van der Waals surface area contributed by atoms with Gasteiger partial charge in [-0.3, -0.25) is 9.59 Å². The first kappa shape index (κ1) is 27.2. The fourth-order valence-corrected chi connectivity index (χ4v) is 4.16. The number of nitrogens with one attached hydrogen (secondary N) is 1. The first-order valence-corrected chi connectivity index (χ1v) is 12.2. The molecule has 0 spiro atoms. The molecule has 7 heteroatoms. The predicted octanol–water partition coefficient (Wildman–Crippen LogP) is 5.59. The van der Waals surface area contributed by atoms with Crippen LogP contribution in [0.5, 0.6) is 5.75 Å². The van der Waals surface area contributed by atoms with Gasteiger partial charge < -0.3 is 15.0 Å². The van der Waals surface area contributed by atoms with E-state index in [0.717, 1.165) is 11.1 Å². The molecule has 5 nitrogen and oxygen atoms in total. The summed E-state index contributed by atoms with van der Waals surface area (Å²) in [6.45, 7) is 5.80. The maximum absolute atomic E-state index is 14.6. The number of rotatable bonds is 9. The van der Waals surface area contributed by atoms with Gasteiger partial charge >= 0.3 is 0 Å². The number of amides is 2. The number of ether oxygens (including phenoxy) is 1. The van der Waals surface area contributed by atoms with E-state index in [0.29, 0.717) is 12.2 Å². The summed E-state index contributed by atoms with van der Waals surface area (Å²) in [6, 6.07) is 20.3. The third-order valence-electron chi connectivity index (χ3n) is 5.65. The summed E-state index contributed by atoms with van der Waals surface area (Å²) in [7, 11) is 1.57. The Hall–Kier alpha value is -3.38. The van der Waals surface area contributed by atoms with E-state index in [4.69, 9.17) is 16.3 Å². The van der Waals surface area contributed by atoms with Crippen molar-refractivity contribution in [3.05, 3.63) is 100 Å². The van der Waals surface area contributed by atoms with Crippen LogP contribution >= 0.6 is 11.6 Å². The molecule has 0 saturated heterocycles. The number of carbonyl (C=O) groups is 2. The maximum atomic E-state index is 14.6. The molecular weight excluding hydrogens is 479 g/mol. The van der Waals surface area contributed by atoms with Crippen LogP contribution in [-0.2, 0) is 29.0 Å². The number of hydrogen-bond donors (Lipinski definition) is 1. The summed E-state index contributed by atoms with van der Waals surface area (Å²) >= 11 is 6.23. The molecule has 0 aromatic heterocycles. The Morgan fingerprint density at radius 3 is 2.31 bits per heavy atom. The normalized spacial score (nSPS) is 12.1. The molecule has 0 bridgehead atoms. The number of carbonyl (C=O) groups excluding carboxylic acids is 2. The van der Waals surface area contributed by atoms with Gasteiger partial charge in [-0.15, -0.1) is 0 Å². The molecule has 0 fully saturated rings. The van der Waals surface area contributed by atoms with Crippen LogP contribution in [0.1, 0.15) is 37.5 Å². The summed E-state index contributed by atoms with van der Waals surface area (Å²) in [5.74, 6) is -0.622. The first-order valence-electron chi connectivity index (χ1n) is 11.8. The van der Waals surface area contributed by atoms with E-state index in [-0.39, 0.29) is 29.5 Å². The number of hydrogen-bond acceptors (Lipinski definition) is 3. The molecule has 190 valence electrons. The van der Waals surface area contributed by atoms with Gasteiger partial charge in [0.25, 0.3) is 0 Å². The van der Waals surface area contributed by atoms with Gasteiger partial charge in [-0.05, 0) is 56.2 Å². The molecule has 0 aliphatic heterocycles. The number of benzene rings is 3. The standard InChI is InChI=1S/C29H32ClFN2O3/c1-29(2,3)32-28(35)26(17-20-10-6-5-7-11-20)33(19-21-12-8-13-22(16-21)36-4)27(34)18-23-24(30)14-9-15-25(23)31/h5-16,26H,17-19H2,1-4H3,(H,32,35)/t26-/m1/s1. The third-order valence-corrected chi connectivity index (χ3v) is 6.00. The summed E-state index contributed by atoms with van der Waals surface area (Å²) < 4.78 is 19.9. The highest BCUT2D eigenvalue weighted by atomic mass is 35.5. The summed E-state index contributed by atoms with van der Waals surface area (Å²) in [5.41, 5.74) is 1.28. The average Bonchev–Trinajstić information content (AvgIpc) is 2.83. The molecule has 3 rings (SSSR count). The minimum atomic E-state index is -0.837. The highest BCUT2D eigenvalue weighted by molar-refractivity contribution is 6.31.